The van der Waals surface area contributed by atoms with E-state index in [1.165, 1.54) is 10.6 Å². The SMILES string of the molecule is CCCC(C)(C)CC(C)(C)CCOC(=O)OCn1c(=O)ccc2ccc(OCCCCN3CCN(c4cccc(Cl)c4Cl)CC3)cc21. The van der Waals surface area contributed by atoms with Gasteiger partial charge in [-0.15, -0.1) is 0 Å². The maximum atomic E-state index is 12.7. The Morgan fingerprint density at radius 2 is 1.60 bits per heavy atom. The van der Waals surface area contributed by atoms with E-state index in [1.807, 2.05) is 36.4 Å². The summed E-state index contributed by atoms with van der Waals surface area (Å²) in [6, 6.07) is 14.6. The summed E-state index contributed by atoms with van der Waals surface area (Å²) in [6.45, 7) is 16.5. The van der Waals surface area contributed by atoms with Crippen LogP contribution in [0.3, 0.4) is 0 Å². The number of carbonyl (C=O) groups excluding carboxylic acids is 1. The van der Waals surface area contributed by atoms with E-state index in [-0.39, 0.29) is 29.7 Å². The molecule has 2 heterocycles. The summed E-state index contributed by atoms with van der Waals surface area (Å²) in [5.41, 5.74) is 1.64. The number of aromatic nitrogens is 1. The summed E-state index contributed by atoms with van der Waals surface area (Å²) in [4.78, 5) is 29.9. The molecule has 1 aromatic heterocycles. The fraction of sp³-hybridized carbons (Fsp3) is 0.568. The lowest BCUT2D eigenvalue weighted by atomic mass is 9.71. The van der Waals surface area contributed by atoms with Gasteiger partial charge < -0.3 is 19.1 Å². The molecule has 1 fully saturated rings. The van der Waals surface area contributed by atoms with Gasteiger partial charge in [-0.05, 0) is 85.2 Å². The predicted octanol–water partition coefficient (Wildman–Crippen LogP) is 9.03. The summed E-state index contributed by atoms with van der Waals surface area (Å²) in [5.74, 6) is 0.666. The standard InChI is InChI=1S/C37H51Cl2N3O5/c1-6-16-36(2,3)26-37(4,5)17-24-46-35(44)47-27-42-32-25-29(14-12-28(32)13-15-33(42)43)45-23-8-7-18-40-19-21-41(22-20-40)31-11-9-10-30(38)34(31)39/h9-15,25H,6-8,16-24,26-27H2,1-5H3. The number of hydrogen-bond acceptors (Lipinski definition) is 7. The Morgan fingerprint density at radius 3 is 2.34 bits per heavy atom. The first kappa shape index (κ1) is 36.9. The van der Waals surface area contributed by atoms with Crippen molar-refractivity contribution in [3.05, 3.63) is 68.9 Å². The van der Waals surface area contributed by atoms with Crippen molar-refractivity contribution in [2.24, 2.45) is 10.8 Å². The second-order valence-electron chi connectivity index (χ2n) is 14.2. The molecule has 1 saturated heterocycles. The Bertz CT molecular complexity index is 1530. The van der Waals surface area contributed by atoms with Crippen molar-refractivity contribution in [2.75, 3.05) is 50.8 Å². The van der Waals surface area contributed by atoms with Gasteiger partial charge in [0.1, 0.15) is 5.75 Å². The third-order valence-corrected chi connectivity index (χ3v) is 9.75. The van der Waals surface area contributed by atoms with Crippen molar-refractivity contribution in [3.63, 3.8) is 0 Å². The Morgan fingerprint density at radius 1 is 0.872 bits per heavy atom. The maximum absolute atomic E-state index is 12.7. The molecule has 8 nitrogen and oxygen atoms in total. The molecule has 0 atom stereocenters. The van der Waals surface area contributed by atoms with Gasteiger partial charge in [0.15, 0.2) is 6.73 Å². The molecule has 4 rings (SSSR count). The third-order valence-electron chi connectivity index (χ3n) is 8.94. The first-order valence-electron chi connectivity index (χ1n) is 16.8. The predicted molar refractivity (Wildman–Crippen MR) is 192 cm³/mol. The summed E-state index contributed by atoms with van der Waals surface area (Å²) >= 11 is 12.6. The second kappa shape index (κ2) is 16.9. The minimum Gasteiger partial charge on any atom is -0.494 e. The molecule has 0 aliphatic carbocycles. The average molecular weight is 689 g/mol. The fourth-order valence-corrected chi connectivity index (χ4v) is 7.20. The first-order valence-corrected chi connectivity index (χ1v) is 17.6. The van der Waals surface area contributed by atoms with E-state index in [4.69, 9.17) is 37.4 Å². The van der Waals surface area contributed by atoms with Gasteiger partial charge in [0.2, 0.25) is 0 Å². The fourth-order valence-electron chi connectivity index (χ4n) is 6.79. The molecular weight excluding hydrogens is 637 g/mol. The van der Waals surface area contributed by atoms with Crippen LogP contribution >= 0.6 is 23.2 Å². The highest BCUT2D eigenvalue weighted by Gasteiger charge is 2.28. The zero-order valence-corrected chi connectivity index (χ0v) is 30.2. The number of benzene rings is 2. The molecule has 0 saturated carbocycles. The summed E-state index contributed by atoms with van der Waals surface area (Å²) < 4.78 is 18.2. The van der Waals surface area contributed by atoms with E-state index >= 15 is 0 Å². The number of piperazine rings is 1. The monoisotopic (exact) mass is 687 g/mol. The number of anilines is 1. The lowest BCUT2D eigenvalue weighted by Crippen LogP contribution is -2.46. The van der Waals surface area contributed by atoms with Crippen molar-refractivity contribution < 1.29 is 19.0 Å². The van der Waals surface area contributed by atoms with Crippen LogP contribution in [0.25, 0.3) is 10.9 Å². The van der Waals surface area contributed by atoms with Crippen LogP contribution in [0.15, 0.2) is 53.3 Å². The lowest BCUT2D eigenvalue weighted by Gasteiger charge is -2.36. The van der Waals surface area contributed by atoms with Crippen molar-refractivity contribution in [2.45, 2.75) is 79.9 Å². The highest BCUT2D eigenvalue weighted by atomic mass is 35.5. The number of carbonyl (C=O) groups is 1. The van der Waals surface area contributed by atoms with E-state index in [0.29, 0.717) is 27.9 Å². The number of unbranched alkanes of at least 4 members (excludes halogenated alkanes) is 1. The third kappa shape index (κ3) is 11.0. The Hall–Kier alpha value is -2.94. The normalized spacial score (nSPS) is 14.4. The molecule has 0 N–H and O–H groups in total. The van der Waals surface area contributed by atoms with Crippen molar-refractivity contribution >= 4 is 45.9 Å². The molecule has 2 aromatic carbocycles. The number of ether oxygens (including phenoxy) is 3. The van der Waals surface area contributed by atoms with Gasteiger partial charge in [-0.3, -0.25) is 14.3 Å². The Labute approximate surface area is 289 Å². The van der Waals surface area contributed by atoms with Crippen LogP contribution in [-0.4, -0.2) is 61.6 Å². The molecule has 1 aliphatic rings. The van der Waals surface area contributed by atoms with Crippen molar-refractivity contribution in [1.29, 1.82) is 0 Å². The van der Waals surface area contributed by atoms with Gasteiger partial charge in [-0.1, -0.05) is 70.3 Å². The van der Waals surface area contributed by atoms with E-state index in [9.17, 15) is 9.59 Å². The molecule has 0 amide bonds. The van der Waals surface area contributed by atoms with E-state index in [0.717, 1.165) is 82.3 Å². The van der Waals surface area contributed by atoms with Crippen molar-refractivity contribution in [1.82, 2.24) is 9.47 Å². The quantitative estimate of drug-likeness (QED) is 0.110. The second-order valence-corrected chi connectivity index (χ2v) is 14.9. The van der Waals surface area contributed by atoms with Gasteiger partial charge in [0, 0.05) is 38.3 Å². The van der Waals surface area contributed by atoms with Crippen LogP contribution < -0.4 is 15.2 Å². The number of halogens is 2. The minimum atomic E-state index is -0.778. The summed E-state index contributed by atoms with van der Waals surface area (Å²) in [7, 11) is 0. The molecule has 0 radical (unpaired) electrons. The summed E-state index contributed by atoms with van der Waals surface area (Å²) in [6.07, 6.45) is 5.23. The van der Waals surface area contributed by atoms with Crippen LogP contribution in [0.2, 0.25) is 10.0 Å². The van der Waals surface area contributed by atoms with Gasteiger partial charge >= 0.3 is 6.16 Å². The highest BCUT2D eigenvalue weighted by Crippen LogP contribution is 2.39. The molecule has 258 valence electrons. The van der Waals surface area contributed by atoms with Gasteiger partial charge in [-0.2, -0.15) is 0 Å². The summed E-state index contributed by atoms with van der Waals surface area (Å²) in [5, 5.41) is 2.05. The molecule has 3 aromatic rings. The molecule has 10 heteroatoms. The van der Waals surface area contributed by atoms with Crippen LogP contribution in [0.1, 0.15) is 73.1 Å². The van der Waals surface area contributed by atoms with E-state index in [1.54, 1.807) is 6.07 Å². The Kier molecular flexibility index (Phi) is 13.3. The zero-order valence-electron chi connectivity index (χ0n) is 28.7. The van der Waals surface area contributed by atoms with Crippen LogP contribution in [0, 0.1) is 10.8 Å². The Balaban J connectivity index is 1.20. The van der Waals surface area contributed by atoms with Crippen LogP contribution in [-0.2, 0) is 16.2 Å². The number of hydrogen-bond donors (Lipinski definition) is 0. The van der Waals surface area contributed by atoms with Crippen LogP contribution in [0.5, 0.6) is 5.75 Å². The topological polar surface area (TPSA) is 73.2 Å². The molecule has 47 heavy (non-hydrogen) atoms. The lowest BCUT2D eigenvalue weighted by molar-refractivity contribution is 0.0246. The highest BCUT2D eigenvalue weighted by molar-refractivity contribution is 6.43. The average Bonchev–Trinajstić information content (AvgIpc) is 3.01. The van der Waals surface area contributed by atoms with Crippen molar-refractivity contribution in [3.8, 4) is 5.75 Å². The van der Waals surface area contributed by atoms with Gasteiger partial charge in [0.25, 0.3) is 5.56 Å². The van der Waals surface area contributed by atoms with Gasteiger partial charge in [0.05, 0.1) is 34.5 Å². The minimum absolute atomic E-state index is 0.0326. The van der Waals surface area contributed by atoms with E-state index < -0.39 is 6.16 Å². The maximum Gasteiger partial charge on any atom is 0.510 e. The largest absolute Gasteiger partial charge is 0.510 e. The first-order chi connectivity index (χ1) is 22.4. The van der Waals surface area contributed by atoms with Gasteiger partial charge in [-0.25, -0.2) is 4.79 Å². The molecule has 1 aliphatic heterocycles. The van der Waals surface area contributed by atoms with E-state index in [2.05, 4.69) is 44.4 Å². The number of fused-ring (bicyclic) bond motifs is 1. The molecule has 0 bridgehead atoms. The number of rotatable bonds is 16. The van der Waals surface area contributed by atoms with Crippen LogP contribution in [0.4, 0.5) is 10.5 Å². The number of pyridine rings is 1. The molecule has 0 unspecified atom stereocenters. The smallest absolute Gasteiger partial charge is 0.494 e. The molecular formula is C37H51Cl2N3O5. The zero-order chi connectivity index (χ0) is 34.0. The number of nitrogens with zero attached hydrogens (tertiary/aromatic N) is 3. The molecule has 0 spiro atoms.